The lowest BCUT2D eigenvalue weighted by molar-refractivity contribution is 0.175. The summed E-state index contributed by atoms with van der Waals surface area (Å²) in [4.78, 5) is 22.8. The zero-order valence-electron chi connectivity index (χ0n) is 15.8. The molecule has 2 amide bonds. The monoisotopic (exact) mass is 360 g/mol. The van der Waals surface area contributed by atoms with Crippen LogP contribution in [0.25, 0.3) is 0 Å². The first-order valence-corrected chi connectivity index (χ1v) is 9.38. The quantitative estimate of drug-likeness (QED) is 0.855. The highest BCUT2D eigenvalue weighted by molar-refractivity contribution is 5.74. The zero-order valence-corrected chi connectivity index (χ0v) is 15.8. The first-order chi connectivity index (χ1) is 12.5. The molecule has 0 spiro atoms. The van der Waals surface area contributed by atoms with E-state index in [4.69, 9.17) is 4.52 Å². The van der Waals surface area contributed by atoms with Gasteiger partial charge in [-0.25, -0.2) is 9.78 Å². The molecule has 0 aliphatic carbocycles. The Labute approximate surface area is 154 Å². The van der Waals surface area contributed by atoms with Crippen molar-refractivity contribution in [1.29, 1.82) is 0 Å². The van der Waals surface area contributed by atoms with E-state index in [2.05, 4.69) is 41.2 Å². The lowest BCUT2D eigenvalue weighted by Crippen LogP contribution is -2.44. The number of urea groups is 1. The van der Waals surface area contributed by atoms with Gasteiger partial charge in [-0.2, -0.15) is 4.98 Å². The number of hydrogen-bond donors (Lipinski definition) is 1. The topological polar surface area (TPSA) is 89.1 Å². The van der Waals surface area contributed by atoms with Crippen LogP contribution in [0.3, 0.4) is 0 Å². The van der Waals surface area contributed by atoms with Gasteiger partial charge in [0, 0.05) is 49.9 Å². The molecule has 1 fully saturated rings. The molecule has 0 saturated carbocycles. The van der Waals surface area contributed by atoms with Crippen LogP contribution in [0, 0.1) is 0 Å². The van der Waals surface area contributed by atoms with E-state index in [1.165, 1.54) is 0 Å². The van der Waals surface area contributed by atoms with Crippen LogP contribution < -0.4 is 5.32 Å². The molecule has 0 radical (unpaired) electrons. The molecule has 3 heterocycles. The molecule has 1 atom stereocenters. The minimum Gasteiger partial charge on any atom is -0.339 e. The maximum absolute atomic E-state index is 12.3. The number of nitrogens with one attached hydrogen (secondary N) is 1. The Balaban J connectivity index is 1.40. The highest BCUT2D eigenvalue weighted by atomic mass is 16.5. The second-order valence-electron chi connectivity index (χ2n) is 7.29. The van der Waals surface area contributed by atoms with E-state index >= 15 is 0 Å². The maximum Gasteiger partial charge on any atom is 0.317 e. The van der Waals surface area contributed by atoms with Crippen molar-refractivity contribution < 1.29 is 9.32 Å². The fourth-order valence-electron chi connectivity index (χ4n) is 3.16. The summed E-state index contributed by atoms with van der Waals surface area (Å²) in [6.45, 7) is 8.30. The van der Waals surface area contributed by atoms with Crippen molar-refractivity contribution in [3.8, 4) is 0 Å². The van der Waals surface area contributed by atoms with Gasteiger partial charge in [0.25, 0.3) is 0 Å². The van der Waals surface area contributed by atoms with Crippen LogP contribution >= 0.6 is 0 Å². The number of rotatable bonds is 6. The molecule has 8 nitrogen and oxygen atoms in total. The summed E-state index contributed by atoms with van der Waals surface area (Å²) in [5, 5.41) is 7.06. The number of amides is 2. The van der Waals surface area contributed by atoms with Crippen LogP contribution in [0.2, 0.25) is 0 Å². The maximum atomic E-state index is 12.3. The molecule has 142 valence electrons. The first-order valence-electron chi connectivity index (χ1n) is 9.38. The van der Waals surface area contributed by atoms with Crippen molar-refractivity contribution in [3.63, 3.8) is 0 Å². The summed E-state index contributed by atoms with van der Waals surface area (Å²) in [5.74, 6) is 1.98. The molecule has 1 unspecified atom stereocenters. The third-order valence-corrected chi connectivity index (χ3v) is 4.98. The molecule has 2 aromatic rings. The van der Waals surface area contributed by atoms with Gasteiger partial charge in [-0.1, -0.05) is 19.0 Å². The number of aromatic nitrogens is 4. The van der Waals surface area contributed by atoms with Gasteiger partial charge < -0.3 is 19.3 Å². The highest BCUT2D eigenvalue weighted by Gasteiger charge is 2.27. The Morgan fingerprint density at radius 3 is 2.73 bits per heavy atom. The average Bonchev–Trinajstić information content (AvgIpc) is 3.33. The lowest BCUT2D eigenvalue weighted by Gasteiger charge is -2.30. The number of carbonyl (C=O) groups excluding carboxylic acids is 1. The van der Waals surface area contributed by atoms with Crippen LogP contribution in [-0.2, 0) is 0 Å². The minimum atomic E-state index is 0.00896. The molecule has 1 N–H and O–H groups in total. The third-order valence-electron chi connectivity index (χ3n) is 4.98. The van der Waals surface area contributed by atoms with Gasteiger partial charge in [-0.05, 0) is 26.2 Å². The van der Waals surface area contributed by atoms with Gasteiger partial charge in [0.05, 0.1) is 6.33 Å². The fraction of sp³-hybridized carbons (Fsp3) is 0.667. The number of hydrogen-bond acceptors (Lipinski definition) is 5. The average molecular weight is 360 g/mol. The Morgan fingerprint density at radius 2 is 2.12 bits per heavy atom. The molecule has 8 heteroatoms. The summed E-state index contributed by atoms with van der Waals surface area (Å²) in [6, 6.07) is 0.325. The van der Waals surface area contributed by atoms with Gasteiger partial charge in [-0.15, -0.1) is 0 Å². The zero-order chi connectivity index (χ0) is 18.5. The van der Waals surface area contributed by atoms with Crippen molar-refractivity contribution in [3.05, 3.63) is 30.4 Å². The molecule has 26 heavy (non-hydrogen) atoms. The SMILES string of the molecule is CC(C)c1noc(C2CCN(C(=O)NCCC(C)n3ccnc3)CC2)n1. The molecule has 2 aromatic heterocycles. The van der Waals surface area contributed by atoms with Gasteiger partial charge in [0.2, 0.25) is 5.89 Å². The van der Waals surface area contributed by atoms with Gasteiger partial charge in [0.1, 0.15) is 0 Å². The molecule has 0 bridgehead atoms. The van der Waals surface area contributed by atoms with Crippen LogP contribution in [0.15, 0.2) is 23.2 Å². The first kappa shape index (κ1) is 18.4. The number of piperidine rings is 1. The summed E-state index contributed by atoms with van der Waals surface area (Å²) in [5.41, 5.74) is 0. The summed E-state index contributed by atoms with van der Waals surface area (Å²) in [6.07, 6.45) is 8.11. The summed E-state index contributed by atoms with van der Waals surface area (Å²) in [7, 11) is 0. The van der Waals surface area contributed by atoms with E-state index in [1.54, 1.807) is 12.5 Å². The number of likely N-dealkylation sites (tertiary alicyclic amines) is 1. The third kappa shape index (κ3) is 4.42. The second-order valence-corrected chi connectivity index (χ2v) is 7.29. The molecular formula is C18H28N6O2. The molecule has 0 aromatic carbocycles. The Kier molecular flexibility index (Phi) is 5.90. The predicted molar refractivity (Wildman–Crippen MR) is 96.9 cm³/mol. The largest absolute Gasteiger partial charge is 0.339 e. The molecule has 3 rings (SSSR count). The number of carbonyl (C=O) groups is 1. The van der Waals surface area contributed by atoms with Crippen molar-refractivity contribution in [2.24, 2.45) is 0 Å². The standard InChI is InChI=1S/C18H28N6O2/c1-13(2)16-21-17(26-22-16)15-5-9-23(10-6-15)18(25)20-7-4-14(3)24-11-8-19-12-24/h8,11-15H,4-7,9-10H2,1-3H3,(H,20,25). The minimum absolute atomic E-state index is 0.00896. The molecule has 1 aliphatic rings. The van der Waals surface area contributed by atoms with Crippen molar-refractivity contribution in [1.82, 2.24) is 29.9 Å². The summed E-state index contributed by atoms with van der Waals surface area (Å²) < 4.78 is 7.45. The smallest absolute Gasteiger partial charge is 0.317 e. The lowest BCUT2D eigenvalue weighted by atomic mass is 9.97. The van der Waals surface area contributed by atoms with Crippen LogP contribution in [0.4, 0.5) is 4.79 Å². The van der Waals surface area contributed by atoms with Gasteiger partial charge in [-0.3, -0.25) is 0 Å². The molecular weight excluding hydrogens is 332 g/mol. The van der Waals surface area contributed by atoms with Crippen LogP contribution in [-0.4, -0.2) is 50.3 Å². The molecule has 1 aliphatic heterocycles. The van der Waals surface area contributed by atoms with Gasteiger partial charge >= 0.3 is 6.03 Å². The number of imidazole rings is 1. The highest BCUT2D eigenvalue weighted by Crippen LogP contribution is 2.27. The van der Waals surface area contributed by atoms with E-state index in [-0.39, 0.29) is 17.9 Å². The Bertz CT molecular complexity index is 688. The van der Waals surface area contributed by atoms with E-state index < -0.39 is 0 Å². The van der Waals surface area contributed by atoms with Crippen LogP contribution in [0.5, 0.6) is 0 Å². The van der Waals surface area contributed by atoms with Gasteiger partial charge in [0.15, 0.2) is 5.82 Å². The van der Waals surface area contributed by atoms with E-state index in [9.17, 15) is 4.79 Å². The van der Waals surface area contributed by atoms with Crippen molar-refractivity contribution in [2.75, 3.05) is 19.6 Å². The summed E-state index contributed by atoms with van der Waals surface area (Å²) >= 11 is 0. The molecule has 1 saturated heterocycles. The van der Waals surface area contributed by atoms with Crippen molar-refractivity contribution in [2.45, 2.75) is 57.9 Å². The van der Waals surface area contributed by atoms with E-state index in [0.717, 1.165) is 25.1 Å². The second kappa shape index (κ2) is 8.33. The van der Waals surface area contributed by atoms with E-state index in [1.807, 2.05) is 15.7 Å². The van der Waals surface area contributed by atoms with E-state index in [0.29, 0.717) is 31.6 Å². The number of nitrogens with zero attached hydrogens (tertiary/aromatic N) is 5. The van der Waals surface area contributed by atoms with Crippen molar-refractivity contribution >= 4 is 6.03 Å². The normalized spacial score (nSPS) is 16.8. The predicted octanol–water partition coefficient (Wildman–Crippen LogP) is 2.93. The van der Waals surface area contributed by atoms with Crippen LogP contribution in [0.1, 0.15) is 69.6 Å². The Hall–Kier alpha value is -2.38. The Morgan fingerprint density at radius 1 is 1.35 bits per heavy atom. The fourth-order valence-corrected chi connectivity index (χ4v) is 3.16.